The first-order valence-corrected chi connectivity index (χ1v) is 7.56. The molecule has 1 aliphatic carbocycles. The van der Waals surface area contributed by atoms with Crippen molar-refractivity contribution in [3.05, 3.63) is 5.28 Å². The van der Waals surface area contributed by atoms with E-state index in [-0.39, 0.29) is 29.2 Å². The van der Waals surface area contributed by atoms with Crippen molar-refractivity contribution in [1.82, 2.24) is 15.0 Å². The van der Waals surface area contributed by atoms with Gasteiger partial charge in [0.25, 0.3) is 0 Å². The van der Waals surface area contributed by atoms with Crippen LogP contribution in [0.3, 0.4) is 0 Å². The topological polar surface area (TPSA) is 103 Å². The molecule has 0 bridgehead atoms. The van der Waals surface area contributed by atoms with Crippen LogP contribution < -0.4 is 15.8 Å². The Labute approximate surface area is 128 Å². The molecule has 0 saturated heterocycles. The van der Waals surface area contributed by atoms with Gasteiger partial charge in [-0.05, 0) is 43.7 Å². The Bertz CT molecular complexity index is 491. The van der Waals surface area contributed by atoms with Crippen LogP contribution >= 0.6 is 11.6 Å². The molecule has 2 rings (SSSR count). The van der Waals surface area contributed by atoms with Crippen molar-refractivity contribution in [2.24, 2.45) is 11.7 Å². The zero-order chi connectivity index (χ0) is 15.2. The SMILES string of the molecule is CCCOc1nc(Cl)nc(NC2CCC(C(N)=O)CC2)n1. The van der Waals surface area contributed by atoms with Gasteiger partial charge in [0.1, 0.15) is 0 Å². The lowest BCUT2D eigenvalue weighted by Crippen LogP contribution is -2.32. The molecule has 116 valence electrons. The summed E-state index contributed by atoms with van der Waals surface area (Å²) in [5, 5.41) is 3.32. The lowest BCUT2D eigenvalue weighted by atomic mass is 9.86. The van der Waals surface area contributed by atoms with Crippen LogP contribution in [0.15, 0.2) is 0 Å². The van der Waals surface area contributed by atoms with Crippen LogP contribution in [0.5, 0.6) is 6.01 Å². The van der Waals surface area contributed by atoms with Crippen LogP contribution in [0.4, 0.5) is 5.95 Å². The maximum Gasteiger partial charge on any atom is 0.322 e. The molecule has 0 aromatic carbocycles. The van der Waals surface area contributed by atoms with Gasteiger partial charge in [0.15, 0.2) is 0 Å². The normalized spacial score (nSPS) is 21.8. The van der Waals surface area contributed by atoms with Gasteiger partial charge in [-0.25, -0.2) is 0 Å². The van der Waals surface area contributed by atoms with Gasteiger partial charge in [0, 0.05) is 12.0 Å². The maximum atomic E-state index is 11.1. The molecule has 21 heavy (non-hydrogen) atoms. The zero-order valence-electron chi connectivity index (χ0n) is 12.0. The van der Waals surface area contributed by atoms with E-state index in [2.05, 4.69) is 20.3 Å². The fourth-order valence-electron chi connectivity index (χ4n) is 2.36. The largest absolute Gasteiger partial charge is 0.463 e. The second-order valence-electron chi connectivity index (χ2n) is 5.15. The number of primary amides is 1. The number of carbonyl (C=O) groups excluding carboxylic acids is 1. The highest BCUT2D eigenvalue weighted by molar-refractivity contribution is 6.28. The van der Waals surface area contributed by atoms with Crippen molar-refractivity contribution in [3.8, 4) is 6.01 Å². The Balaban J connectivity index is 1.93. The van der Waals surface area contributed by atoms with Crippen LogP contribution in [0.1, 0.15) is 39.0 Å². The van der Waals surface area contributed by atoms with Crippen molar-refractivity contribution in [2.75, 3.05) is 11.9 Å². The zero-order valence-corrected chi connectivity index (χ0v) is 12.8. The van der Waals surface area contributed by atoms with E-state index in [0.29, 0.717) is 12.6 Å². The predicted molar refractivity (Wildman–Crippen MR) is 79.2 cm³/mol. The van der Waals surface area contributed by atoms with Gasteiger partial charge in [0.05, 0.1) is 6.61 Å². The van der Waals surface area contributed by atoms with Crippen molar-refractivity contribution >= 4 is 23.5 Å². The van der Waals surface area contributed by atoms with E-state index in [0.717, 1.165) is 32.1 Å². The summed E-state index contributed by atoms with van der Waals surface area (Å²) < 4.78 is 5.37. The van der Waals surface area contributed by atoms with Crippen LogP contribution in [-0.2, 0) is 4.79 Å². The maximum absolute atomic E-state index is 11.1. The average molecular weight is 314 g/mol. The molecule has 0 atom stereocenters. The highest BCUT2D eigenvalue weighted by atomic mass is 35.5. The second kappa shape index (κ2) is 7.40. The Hall–Kier alpha value is -1.63. The summed E-state index contributed by atoms with van der Waals surface area (Å²) in [4.78, 5) is 23.3. The van der Waals surface area contributed by atoms with E-state index in [1.165, 1.54) is 0 Å². The fourth-order valence-corrected chi connectivity index (χ4v) is 2.51. The number of halogens is 1. The van der Waals surface area contributed by atoms with E-state index in [1.807, 2.05) is 6.92 Å². The van der Waals surface area contributed by atoms with Crippen LogP contribution in [-0.4, -0.2) is 33.5 Å². The Morgan fingerprint density at radius 2 is 2.05 bits per heavy atom. The van der Waals surface area contributed by atoms with Crippen LogP contribution in [0.2, 0.25) is 5.28 Å². The average Bonchev–Trinajstić information content (AvgIpc) is 2.45. The van der Waals surface area contributed by atoms with Gasteiger partial charge in [0.2, 0.25) is 17.1 Å². The number of rotatable bonds is 6. The summed E-state index contributed by atoms with van der Waals surface area (Å²) in [6, 6.07) is 0.434. The standard InChI is InChI=1S/C13H20ClN5O2/c1-2-7-21-13-18-11(14)17-12(19-13)16-9-5-3-8(4-6-9)10(15)20/h8-9H,2-7H2,1H3,(H2,15,20)(H,16,17,18,19). The molecule has 0 spiro atoms. The first-order chi connectivity index (χ1) is 10.1. The number of anilines is 1. The molecule has 1 aromatic rings. The number of nitrogens with one attached hydrogen (secondary N) is 1. The van der Waals surface area contributed by atoms with Crippen molar-refractivity contribution in [2.45, 2.75) is 45.1 Å². The molecular formula is C13H20ClN5O2. The molecule has 1 aliphatic rings. The summed E-state index contributed by atoms with van der Waals surface area (Å²) in [5.74, 6) is 0.170. The van der Waals surface area contributed by atoms with E-state index >= 15 is 0 Å². The summed E-state index contributed by atoms with van der Waals surface area (Å²) in [6.45, 7) is 2.53. The van der Waals surface area contributed by atoms with Gasteiger partial charge >= 0.3 is 6.01 Å². The molecule has 1 amide bonds. The Kier molecular flexibility index (Phi) is 5.55. The van der Waals surface area contributed by atoms with Gasteiger partial charge in [-0.1, -0.05) is 6.92 Å². The molecule has 1 saturated carbocycles. The molecule has 8 heteroatoms. The first kappa shape index (κ1) is 15.8. The second-order valence-corrected chi connectivity index (χ2v) is 5.49. The summed E-state index contributed by atoms with van der Waals surface area (Å²) in [7, 11) is 0. The molecule has 3 N–H and O–H groups in total. The minimum Gasteiger partial charge on any atom is -0.463 e. The summed E-state index contributed by atoms with van der Waals surface area (Å²) in [6.07, 6.45) is 4.13. The fraction of sp³-hybridized carbons (Fsp3) is 0.692. The third kappa shape index (κ3) is 4.70. The molecule has 0 unspecified atom stereocenters. The van der Waals surface area contributed by atoms with E-state index < -0.39 is 0 Å². The molecule has 1 aromatic heterocycles. The molecule has 0 radical (unpaired) electrons. The number of amides is 1. The monoisotopic (exact) mass is 313 g/mol. The number of carbonyl (C=O) groups is 1. The lowest BCUT2D eigenvalue weighted by Gasteiger charge is -2.27. The third-order valence-corrected chi connectivity index (χ3v) is 3.65. The van der Waals surface area contributed by atoms with E-state index in [1.54, 1.807) is 0 Å². The van der Waals surface area contributed by atoms with Gasteiger partial charge in [-0.2, -0.15) is 15.0 Å². The Morgan fingerprint density at radius 3 is 2.67 bits per heavy atom. The minimum absolute atomic E-state index is 0.0200. The molecule has 0 aliphatic heterocycles. The highest BCUT2D eigenvalue weighted by Gasteiger charge is 2.25. The van der Waals surface area contributed by atoms with Crippen LogP contribution in [0, 0.1) is 5.92 Å². The predicted octanol–water partition coefficient (Wildman–Crippen LogP) is 1.77. The van der Waals surface area contributed by atoms with Crippen molar-refractivity contribution in [3.63, 3.8) is 0 Å². The molecule has 7 nitrogen and oxygen atoms in total. The quantitative estimate of drug-likeness (QED) is 0.829. The van der Waals surface area contributed by atoms with Crippen LogP contribution in [0.25, 0.3) is 0 Å². The first-order valence-electron chi connectivity index (χ1n) is 7.18. The molecule has 1 fully saturated rings. The highest BCUT2D eigenvalue weighted by Crippen LogP contribution is 2.26. The van der Waals surface area contributed by atoms with E-state index in [4.69, 9.17) is 22.1 Å². The number of hydrogen-bond donors (Lipinski definition) is 2. The van der Waals surface area contributed by atoms with Gasteiger partial charge < -0.3 is 15.8 Å². The Morgan fingerprint density at radius 1 is 1.33 bits per heavy atom. The summed E-state index contributed by atoms with van der Waals surface area (Å²) >= 11 is 5.87. The smallest absolute Gasteiger partial charge is 0.322 e. The van der Waals surface area contributed by atoms with Crippen molar-refractivity contribution < 1.29 is 9.53 Å². The molecular weight excluding hydrogens is 294 g/mol. The summed E-state index contributed by atoms with van der Waals surface area (Å²) in [5.41, 5.74) is 5.33. The minimum atomic E-state index is -0.216. The number of hydrogen-bond acceptors (Lipinski definition) is 6. The number of aromatic nitrogens is 3. The van der Waals surface area contributed by atoms with E-state index in [9.17, 15) is 4.79 Å². The molecule has 1 heterocycles. The number of nitrogens with two attached hydrogens (primary N) is 1. The number of nitrogens with zero attached hydrogens (tertiary/aromatic N) is 3. The van der Waals surface area contributed by atoms with Gasteiger partial charge in [-0.15, -0.1) is 0 Å². The third-order valence-electron chi connectivity index (χ3n) is 3.49. The lowest BCUT2D eigenvalue weighted by molar-refractivity contribution is -0.122. The van der Waals surface area contributed by atoms with Gasteiger partial charge in [-0.3, -0.25) is 4.79 Å². The van der Waals surface area contributed by atoms with Crippen molar-refractivity contribution in [1.29, 1.82) is 0 Å². The number of ether oxygens (including phenoxy) is 1.